The van der Waals surface area contributed by atoms with Gasteiger partial charge in [-0.3, -0.25) is 0 Å². The third kappa shape index (κ3) is 3.08. The van der Waals surface area contributed by atoms with Crippen LogP contribution >= 0.6 is 0 Å². The number of rotatable bonds is 5. The van der Waals surface area contributed by atoms with Gasteiger partial charge in [0, 0.05) is 6.04 Å². The van der Waals surface area contributed by atoms with Crippen molar-refractivity contribution in [3.05, 3.63) is 29.3 Å². The molecule has 3 N–H and O–H groups in total. The first kappa shape index (κ1) is 14.3. The molecule has 1 unspecified atom stereocenters. The molecule has 0 bridgehead atoms. The fourth-order valence-corrected chi connectivity index (χ4v) is 2.62. The van der Waals surface area contributed by atoms with Crippen molar-refractivity contribution in [1.29, 1.82) is 0 Å². The van der Waals surface area contributed by atoms with Gasteiger partial charge in [0.05, 0.1) is 25.9 Å². The maximum Gasteiger partial charge on any atom is 0.119 e. The van der Waals surface area contributed by atoms with Gasteiger partial charge in [0.25, 0.3) is 0 Å². The lowest BCUT2D eigenvalue weighted by Gasteiger charge is -2.35. The largest absolute Gasteiger partial charge is 0.497 e. The Labute approximate surface area is 114 Å². The third-order valence-corrected chi connectivity index (χ3v) is 3.89. The zero-order valence-corrected chi connectivity index (χ0v) is 11.6. The molecular formula is C15H23NO3. The number of nitrogens with one attached hydrogen (secondary N) is 1. The van der Waals surface area contributed by atoms with Crippen molar-refractivity contribution in [3.8, 4) is 5.75 Å². The van der Waals surface area contributed by atoms with Crippen LogP contribution in [0.4, 0.5) is 0 Å². The van der Waals surface area contributed by atoms with Crippen LogP contribution in [0.1, 0.15) is 36.9 Å². The van der Waals surface area contributed by atoms with Gasteiger partial charge in [-0.2, -0.15) is 0 Å². The highest BCUT2D eigenvalue weighted by Gasteiger charge is 2.29. The molecule has 1 atom stereocenters. The molecule has 0 saturated heterocycles. The Morgan fingerprint density at radius 3 is 2.74 bits per heavy atom. The number of ether oxygens (including phenoxy) is 1. The summed E-state index contributed by atoms with van der Waals surface area (Å²) in [4.78, 5) is 0. The normalized spacial score (nSPS) is 19.1. The summed E-state index contributed by atoms with van der Waals surface area (Å²) in [6, 6.07) is 6.31. The molecule has 19 heavy (non-hydrogen) atoms. The fourth-order valence-electron chi connectivity index (χ4n) is 2.62. The van der Waals surface area contributed by atoms with Crippen molar-refractivity contribution >= 4 is 0 Å². The predicted octanol–water partition coefficient (Wildman–Crippen LogP) is 1.41. The van der Waals surface area contributed by atoms with Gasteiger partial charge in [0.1, 0.15) is 5.75 Å². The SMILES string of the molecule is COc1ccc2c(c1)C(NC(C)(CO)CO)CCC2. The van der Waals surface area contributed by atoms with Crippen LogP contribution in [0.3, 0.4) is 0 Å². The zero-order chi connectivity index (χ0) is 13.9. The number of benzene rings is 1. The van der Waals surface area contributed by atoms with E-state index in [-0.39, 0.29) is 19.3 Å². The van der Waals surface area contributed by atoms with Crippen molar-refractivity contribution in [2.75, 3.05) is 20.3 Å². The van der Waals surface area contributed by atoms with Crippen LogP contribution in [-0.2, 0) is 6.42 Å². The van der Waals surface area contributed by atoms with Gasteiger partial charge in [-0.15, -0.1) is 0 Å². The van der Waals surface area contributed by atoms with E-state index >= 15 is 0 Å². The molecule has 2 rings (SSSR count). The van der Waals surface area contributed by atoms with E-state index in [4.69, 9.17) is 4.74 Å². The van der Waals surface area contributed by atoms with Gasteiger partial charge in [-0.25, -0.2) is 0 Å². The molecule has 0 spiro atoms. The number of aryl methyl sites for hydroxylation is 1. The molecule has 0 amide bonds. The van der Waals surface area contributed by atoms with Gasteiger partial charge in [0.2, 0.25) is 0 Å². The van der Waals surface area contributed by atoms with Crippen LogP contribution in [0.25, 0.3) is 0 Å². The summed E-state index contributed by atoms with van der Waals surface area (Å²) < 4.78 is 5.28. The molecule has 0 aliphatic heterocycles. The Hall–Kier alpha value is -1.10. The Morgan fingerprint density at radius 1 is 1.37 bits per heavy atom. The average molecular weight is 265 g/mol. The summed E-state index contributed by atoms with van der Waals surface area (Å²) in [5, 5.41) is 22.2. The van der Waals surface area contributed by atoms with Crippen molar-refractivity contribution in [3.63, 3.8) is 0 Å². The standard InChI is InChI=1S/C15H23NO3/c1-15(9-17,10-18)16-14-5-3-4-11-6-7-12(19-2)8-13(11)14/h6-8,14,16-18H,3-5,9-10H2,1-2H3. The fraction of sp³-hybridized carbons (Fsp3) is 0.600. The monoisotopic (exact) mass is 265 g/mol. The van der Waals surface area contributed by atoms with Crippen LogP contribution < -0.4 is 10.1 Å². The van der Waals surface area contributed by atoms with Crippen LogP contribution in [0, 0.1) is 0 Å². The van der Waals surface area contributed by atoms with Gasteiger partial charge >= 0.3 is 0 Å². The predicted molar refractivity (Wildman–Crippen MR) is 74.4 cm³/mol. The lowest BCUT2D eigenvalue weighted by molar-refractivity contribution is 0.0914. The van der Waals surface area contributed by atoms with Crippen LogP contribution in [0.15, 0.2) is 18.2 Å². The van der Waals surface area contributed by atoms with Crippen LogP contribution in [0.2, 0.25) is 0 Å². The van der Waals surface area contributed by atoms with E-state index in [1.165, 1.54) is 11.1 Å². The summed E-state index contributed by atoms with van der Waals surface area (Å²) in [5.41, 5.74) is 1.89. The second kappa shape index (κ2) is 5.90. The second-order valence-corrected chi connectivity index (χ2v) is 5.53. The van der Waals surface area contributed by atoms with Crippen molar-refractivity contribution in [1.82, 2.24) is 5.32 Å². The Bertz CT molecular complexity index is 429. The molecule has 0 aromatic heterocycles. The first-order chi connectivity index (χ1) is 9.11. The summed E-state index contributed by atoms with van der Waals surface area (Å²) in [5.74, 6) is 0.849. The highest BCUT2D eigenvalue weighted by atomic mass is 16.5. The molecule has 1 aromatic carbocycles. The average Bonchev–Trinajstić information content (AvgIpc) is 2.47. The molecule has 0 radical (unpaired) electrons. The number of aliphatic hydroxyl groups is 2. The molecule has 0 saturated carbocycles. The van der Waals surface area contributed by atoms with Gasteiger partial charge in [0.15, 0.2) is 0 Å². The van der Waals surface area contributed by atoms with E-state index < -0.39 is 5.54 Å². The Kier molecular flexibility index (Phi) is 4.45. The maximum atomic E-state index is 9.42. The molecule has 4 heteroatoms. The van der Waals surface area contributed by atoms with E-state index in [1.807, 2.05) is 13.0 Å². The topological polar surface area (TPSA) is 61.7 Å². The second-order valence-electron chi connectivity index (χ2n) is 5.53. The molecule has 1 aliphatic rings. The highest BCUT2D eigenvalue weighted by molar-refractivity contribution is 5.39. The number of hydrogen-bond acceptors (Lipinski definition) is 4. The Morgan fingerprint density at radius 2 is 2.11 bits per heavy atom. The highest BCUT2D eigenvalue weighted by Crippen LogP contribution is 2.33. The summed E-state index contributed by atoms with van der Waals surface area (Å²) in [6.45, 7) is 1.67. The van der Waals surface area contributed by atoms with Gasteiger partial charge < -0.3 is 20.3 Å². The van der Waals surface area contributed by atoms with Gasteiger partial charge in [-0.05, 0) is 49.4 Å². The molecule has 1 aromatic rings. The number of methoxy groups -OCH3 is 1. The van der Waals surface area contributed by atoms with Crippen LogP contribution in [-0.4, -0.2) is 36.1 Å². The number of hydrogen-bond donors (Lipinski definition) is 3. The van der Waals surface area contributed by atoms with E-state index in [9.17, 15) is 10.2 Å². The molecular weight excluding hydrogens is 242 g/mol. The summed E-state index contributed by atoms with van der Waals surface area (Å²) in [7, 11) is 1.67. The van der Waals surface area contributed by atoms with Crippen molar-refractivity contribution in [2.45, 2.75) is 37.8 Å². The first-order valence-electron chi connectivity index (χ1n) is 6.78. The quantitative estimate of drug-likeness (QED) is 0.753. The molecule has 4 nitrogen and oxygen atoms in total. The minimum atomic E-state index is -0.650. The number of aliphatic hydroxyl groups excluding tert-OH is 2. The van der Waals surface area contributed by atoms with E-state index in [1.54, 1.807) is 7.11 Å². The van der Waals surface area contributed by atoms with Crippen LogP contribution in [0.5, 0.6) is 5.75 Å². The van der Waals surface area contributed by atoms with Crippen molar-refractivity contribution < 1.29 is 14.9 Å². The van der Waals surface area contributed by atoms with Gasteiger partial charge in [-0.1, -0.05) is 6.07 Å². The van der Waals surface area contributed by atoms with E-state index in [0.29, 0.717) is 0 Å². The molecule has 1 aliphatic carbocycles. The molecule has 0 fully saturated rings. The number of fused-ring (bicyclic) bond motifs is 1. The van der Waals surface area contributed by atoms with Crippen molar-refractivity contribution in [2.24, 2.45) is 0 Å². The minimum absolute atomic E-state index is 0.0840. The summed E-state index contributed by atoms with van der Waals surface area (Å²) in [6.07, 6.45) is 3.20. The van der Waals surface area contributed by atoms with E-state index in [0.717, 1.165) is 25.0 Å². The smallest absolute Gasteiger partial charge is 0.119 e. The third-order valence-electron chi connectivity index (χ3n) is 3.89. The molecule has 106 valence electrons. The molecule has 0 heterocycles. The van der Waals surface area contributed by atoms with E-state index in [2.05, 4.69) is 17.4 Å². The maximum absolute atomic E-state index is 9.42. The lowest BCUT2D eigenvalue weighted by atomic mass is 9.86. The Balaban J connectivity index is 2.25. The first-order valence-corrected chi connectivity index (χ1v) is 6.78. The lowest BCUT2D eigenvalue weighted by Crippen LogP contribution is -2.51. The zero-order valence-electron chi connectivity index (χ0n) is 11.6. The summed E-state index contributed by atoms with van der Waals surface area (Å²) >= 11 is 0. The minimum Gasteiger partial charge on any atom is -0.497 e.